The van der Waals surface area contributed by atoms with Crippen LogP contribution in [0.1, 0.15) is 33.1 Å². The summed E-state index contributed by atoms with van der Waals surface area (Å²) in [5, 5.41) is 3.38. The van der Waals surface area contributed by atoms with Gasteiger partial charge in [0.15, 0.2) is 0 Å². The zero-order valence-electron chi connectivity index (χ0n) is 10.9. The second kappa shape index (κ2) is 5.48. The second-order valence-corrected chi connectivity index (χ2v) is 5.36. The number of allylic oxidation sites excluding steroid dienone is 2. The van der Waals surface area contributed by atoms with Gasteiger partial charge >= 0.3 is 0 Å². The molecule has 1 atom stereocenters. The summed E-state index contributed by atoms with van der Waals surface area (Å²) in [6, 6.07) is 0. The minimum absolute atomic E-state index is 0.138. The van der Waals surface area contributed by atoms with Crippen LogP contribution >= 0.6 is 0 Å². The number of hydrogen-bond donors (Lipinski definition) is 1. The van der Waals surface area contributed by atoms with Gasteiger partial charge in [-0.15, -0.1) is 0 Å². The summed E-state index contributed by atoms with van der Waals surface area (Å²) < 4.78 is 0. The van der Waals surface area contributed by atoms with Gasteiger partial charge in [-0.05, 0) is 45.6 Å². The van der Waals surface area contributed by atoms with Crippen LogP contribution in [0.5, 0.6) is 0 Å². The van der Waals surface area contributed by atoms with Crippen LogP contribution in [0, 0.1) is 5.92 Å². The summed E-state index contributed by atoms with van der Waals surface area (Å²) in [5.41, 5.74) is -0.454. The van der Waals surface area contributed by atoms with Crippen molar-refractivity contribution in [2.75, 3.05) is 20.6 Å². The minimum Gasteiger partial charge on any atom is -0.347 e. The second-order valence-electron chi connectivity index (χ2n) is 5.36. The van der Waals surface area contributed by atoms with Crippen molar-refractivity contribution in [3.63, 3.8) is 0 Å². The van der Waals surface area contributed by atoms with Gasteiger partial charge in [-0.25, -0.2) is 0 Å². The Labute approximate surface area is 98.9 Å². The first-order valence-corrected chi connectivity index (χ1v) is 6.05. The molecule has 0 aromatic carbocycles. The fourth-order valence-electron chi connectivity index (χ4n) is 2.08. The molecule has 1 rings (SSSR count). The number of nitrogens with zero attached hydrogens (tertiary/aromatic N) is 1. The molecule has 3 nitrogen and oxygen atoms in total. The summed E-state index contributed by atoms with van der Waals surface area (Å²) in [6.45, 7) is 4.83. The molecule has 0 unspecified atom stereocenters. The quantitative estimate of drug-likeness (QED) is 0.739. The zero-order chi connectivity index (χ0) is 12.2. The minimum atomic E-state index is -0.454. The summed E-state index contributed by atoms with van der Waals surface area (Å²) in [4.78, 5) is 13.5. The predicted molar refractivity (Wildman–Crippen MR) is 67.3 cm³/mol. The van der Waals surface area contributed by atoms with Gasteiger partial charge in [-0.2, -0.15) is 0 Å². The van der Waals surface area contributed by atoms with Crippen LogP contribution in [0.4, 0.5) is 0 Å². The van der Waals surface area contributed by atoms with E-state index in [-0.39, 0.29) is 5.91 Å². The highest BCUT2D eigenvalue weighted by Gasteiger charge is 2.29. The molecule has 92 valence electrons. The van der Waals surface area contributed by atoms with E-state index in [9.17, 15) is 4.79 Å². The molecule has 3 heteroatoms. The van der Waals surface area contributed by atoms with E-state index in [0.29, 0.717) is 5.92 Å². The average molecular weight is 224 g/mol. The number of carbonyl (C=O) groups excluding carboxylic acids is 1. The zero-order valence-corrected chi connectivity index (χ0v) is 10.9. The van der Waals surface area contributed by atoms with Gasteiger partial charge in [0, 0.05) is 14.1 Å². The third kappa shape index (κ3) is 3.63. The summed E-state index contributed by atoms with van der Waals surface area (Å²) >= 11 is 0. The molecule has 1 aliphatic rings. The highest BCUT2D eigenvalue weighted by Crippen LogP contribution is 2.18. The van der Waals surface area contributed by atoms with Crippen molar-refractivity contribution in [1.29, 1.82) is 0 Å². The predicted octanol–water partition coefficient (Wildman–Crippen LogP) is 1.80. The Morgan fingerprint density at radius 2 is 2.12 bits per heavy atom. The van der Waals surface area contributed by atoms with Gasteiger partial charge in [0.05, 0.1) is 5.54 Å². The lowest BCUT2D eigenvalue weighted by atomic mass is 9.93. The molecule has 0 saturated heterocycles. The molecule has 0 bridgehead atoms. The fourth-order valence-corrected chi connectivity index (χ4v) is 2.08. The lowest BCUT2D eigenvalue weighted by Gasteiger charge is -2.30. The molecule has 0 saturated carbocycles. The molecule has 1 amide bonds. The first-order chi connectivity index (χ1) is 7.43. The Kier molecular flexibility index (Phi) is 4.54. The van der Waals surface area contributed by atoms with Crippen molar-refractivity contribution in [2.24, 2.45) is 5.92 Å². The largest absolute Gasteiger partial charge is 0.347 e. The maximum atomic E-state index is 11.9. The molecular weight excluding hydrogens is 200 g/mol. The molecule has 0 heterocycles. The first-order valence-electron chi connectivity index (χ1n) is 6.05. The summed E-state index contributed by atoms with van der Waals surface area (Å²) in [6.07, 6.45) is 8.03. The van der Waals surface area contributed by atoms with E-state index in [4.69, 9.17) is 0 Å². The number of carbonyl (C=O) groups is 1. The first kappa shape index (κ1) is 13.2. The van der Waals surface area contributed by atoms with E-state index in [0.717, 1.165) is 13.0 Å². The maximum Gasteiger partial charge on any atom is 0.241 e. The Balaban J connectivity index is 2.40. The van der Waals surface area contributed by atoms with Crippen LogP contribution in [0.3, 0.4) is 0 Å². The van der Waals surface area contributed by atoms with Gasteiger partial charge in [-0.1, -0.05) is 12.2 Å². The number of amides is 1. The number of nitrogens with one attached hydrogen (secondary N) is 1. The molecule has 0 fully saturated rings. The SMILES string of the molecule is CN(C)C(=O)C(C)(C)NC[C@@H]1CC=CCC1. The molecule has 0 radical (unpaired) electrons. The lowest BCUT2D eigenvalue weighted by Crippen LogP contribution is -2.53. The fraction of sp³-hybridized carbons (Fsp3) is 0.769. The van der Waals surface area contributed by atoms with Gasteiger partial charge in [-0.3, -0.25) is 4.79 Å². The third-order valence-electron chi connectivity index (χ3n) is 3.15. The highest BCUT2D eigenvalue weighted by molar-refractivity contribution is 5.85. The van der Waals surface area contributed by atoms with Gasteiger partial charge in [0.25, 0.3) is 0 Å². The highest BCUT2D eigenvalue weighted by atomic mass is 16.2. The topological polar surface area (TPSA) is 32.3 Å². The summed E-state index contributed by atoms with van der Waals surface area (Å²) in [7, 11) is 3.60. The van der Waals surface area contributed by atoms with Crippen molar-refractivity contribution in [3.05, 3.63) is 12.2 Å². The Hall–Kier alpha value is -0.830. The molecule has 16 heavy (non-hydrogen) atoms. The Morgan fingerprint density at radius 1 is 1.44 bits per heavy atom. The lowest BCUT2D eigenvalue weighted by molar-refractivity contribution is -0.134. The Morgan fingerprint density at radius 3 is 2.62 bits per heavy atom. The van der Waals surface area contributed by atoms with Crippen LogP contribution in [-0.4, -0.2) is 37.0 Å². The van der Waals surface area contributed by atoms with Crippen LogP contribution in [0.2, 0.25) is 0 Å². The van der Waals surface area contributed by atoms with E-state index >= 15 is 0 Å². The van der Waals surface area contributed by atoms with Gasteiger partial charge in [0.1, 0.15) is 0 Å². The van der Waals surface area contributed by atoms with Crippen LogP contribution < -0.4 is 5.32 Å². The average Bonchev–Trinajstić information content (AvgIpc) is 2.27. The third-order valence-corrected chi connectivity index (χ3v) is 3.15. The van der Waals surface area contributed by atoms with Gasteiger partial charge < -0.3 is 10.2 Å². The molecule has 0 aromatic rings. The van der Waals surface area contributed by atoms with Crippen molar-refractivity contribution in [1.82, 2.24) is 10.2 Å². The van der Waals surface area contributed by atoms with Crippen LogP contribution in [0.25, 0.3) is 0 Å². The van der Waals surface area contributed by atoms with Gasteiger partial charge in [0.2, 0.25) is 5.91 Å². The molecule has 0 spiro atoms. The van der Waals surface area contributed by atoms with Crippen molar-refractivity contribution < 1.29 is 4.79 Å². The van der Waals surface area contributed by atoms with E-state index in [2.05, 4.69) is 17.5 Å². The van der Waals surface area contributed by atoms with Crippen molar-refractivity contribution >= 4 is 5.91 Å². The van der Waals surface area contributed by atoms with E-state index in [1.807, 2.05) is 13.8 Å². The number of hydrogen-bond acceptors (Lipinski definition) is 2. The monoisotopic (exact) mass is 224 g/mol. The van der Waals surface area contributed by atoms with E-state index in [1.54, 1.807) is 19.0 Å². The molecule has 0 aromatic heterocycles. The molecule has 1 N–H and O–H groups in total. The van der Waals surface area contributed by atoms with Crippen LogP contribution in [-0.2, 0) is 4.79 Å². The van der Waals surface area contributed by atoms with Crippen LogP contribution in [0.15, 0.2) is 12.2 Å². The smallest absolute Gasteiger partial charge is 0.241 e. The number of rotatable bonds is 4. The molecular formula is C13H24N2O. The van der Waals surface area contributed by atoms with E-state index in [1.165, 1.54) is 12.8 Å². The van der Waals surface area contributed by atoms with Crippen molar-refractivity contribution in [3.8, 4) is 0 Å². The Bertz CT molecular complexity index is 269. The molecule has 0 aliphatic heterocycles. The maximum absolute atomic E-state index is 11.9. The summed E-state index contributed by atoms with van der Waals surface area (Å²) in [5.74, 6) is 0.818. The number of likely N-dealkylation sites (N-methyl/N-ethyl adjacent to an activating group) is 1. The molecule has 1 aliphatic carbocycles. The normalized spacial score (nSPS) is 20.9. The van der Waals surface area contributed by atoms with Crippen molar-refractivity contribution in [2.45, 2.75) is 38.6 Å². The standard InChI is InChI=1S/C13H24N2O/c1-13(2,12(16)15(3)4)14-10-11-8-6-5-7-9-11/h5-6,11,14H,7-10H2,1-4H3/t11-/m1/s1. The van der Waals surface area contributed by atoms with E-state index < -0.39 is 5.54 Å².